The fourth-order valence-corrected chi connectivity index (χ4v) is 2.87. The van der Waals surface area contributed by atoms with Crippen molar-refractivity contribution in [3.63, 3.8) is 0 Å². The van der Waals surface area contributed by atoms with E-state index in [1.807, 2.05) is 12.1 Å². The molecule has 5 nitrogen and oxygen atoms in total. The fourth-order valence-electron chi connectivity index (χ4n) is 2.61. The Kier molecular flexibility index (Phi) is 3.92. The molecule has 3 rings (SSSR count). The van der Waals surface area contributed by atoms with Crippen molar-refractivity contribution in [2.75, 3.05) is 13.2 Å². The van der Waals surface area contributed by atoms with Crippen molar-refractivity contribution in [1.82, 2.24) is 14.6 Å². The van der Waals surface area contributed by atoms with Gasteiger partial charge in [0.15, 0.2) is 11.4 Å². The molecule has 6 heteroatoms. The number of nitrogens with zero attached hydrogens (tertiary/aromatic N) is 3. The van der Waals surface area contributed by atoms with Crippen molar-refractivity contribution in [3.05, 3.63) is 29.2 Å². The average molecular weight is 296 g/mol. The summed E-state index contributed by atoms with van der Waals surface area (Å²) in [6.45, 7) is 3.48. The first-order valence-electron chi connectivity index (χ1n) is 6.99. The number of fused-ring (bicyclic) bond motifs is 1. The van der Waals surface area contributed by atoms with Crippen LogP contribution in [0.5, 0.6) is 0 Å². The monoisotopic (exact) mass is 295 g/mol. The maximum atomic E-state index is 6.18. The summed E-state index contributed by atoms with van der Waals surface area (Å²) in [6.07, 6.45) is 5.28. The molecule has 0 amide bonds. The Morgan fingerprint density at radius 1 is 1.40 bits per heavy atom. The summed E-state index contributed by atoms with van der Waals surface area (Å²) in [5.41, 5.74) is 1.76. The second-order valence-corrected chi connectivity index (χ2v) is 5.37. The number of rotatable bonds is 5. The van der Waals surface area contributed by atoms with E-state index in [9.17, 15) is 0 Å². The summed E-state index contributed by atoms with van der Waals surface area (Å²) in [6, 6.07) is 3.72. The Hall–Kier alpha value is -1.17. The van der Waals surface area contributed by atoms with Crippen molar-refractivity contribution < 1.29 is 9.47 Å². The lowest BCUT2D eigenvalue weighted by atomic mass is 10.0. The highest BCUT2D eigenvalue weighted by atomic mass is 35.5. The largest absolute Gasteiger partial charge is 0.348 e. The Morgan fingerprint density at radius 3 is 2.95 bits per heavy atom. The average Bonchev–Trinajstić information content (AvgIpc) is 3.08. The van der Waals surface area contributed by atoms with E-state index in [-0.39, 0.29) is 5.79 Å². The topological polar surface area (TPSA) is 48.7 Å². The smallest absolute Gasteiger partial charge is 0.168 e. The quantitative estimate of drug-likeness (QED) is 0.796. The van der Waals surface area contributed by atoms with Crippen molar-refractivity contribution in [2.45, 2.75) is 38.4 Å². The summed E-state index contributed by atoms with van der Waals surface area (Å²) in [4.78, 5) is 4.54. The third-order valence-electron chi connectivity index (χ3n) is 3.71. The third kappa shape index (κ3) is 2.66. The van der Waals surface area contributed by atoms with Gasteiger partial charge in [-0.1, -0.05) is 18.5 Å². The molecule has 1 aliphatic heterocycles. The second-order valence-electron chi connectivity index (χ2n) is 4.99. The lowest BCUT2D eigenvalue weighted by Gasteiger charge is -2.25. The van der Waals surface area contributed by atoms with Gasteiger partial charge in [-0.05, 0) is 25.3 Å². The Morgan fingerprint density at radius 2 is 2.20 bits per heavy atom. The van der Waals surface area contributed by atoms with Crippen molar-refractivity contribution in [1.29, 1.82) is 0 Å². The Balaban J connectivity index is 1.65. The van der Waals surface area contributed by atoms with E-state index < -0.39 is 0 Å². The molecule has 2 aromatic heterocycles. The number of aromatic nitrogens is 3. The van der Waals surface area contributed by atoms with Gasteiger partial charge in [0.05, 0.1) is 19.4 Å². The van der Waals surface area contributed by atoms with Crippen LogP contribution in [-0.4, -0.2) is 33.6 Å². The van der Waals surface area contributed by atoms with Crippen LogP contribution in [0.1, 0.15) is 31.9 Å². The normalized spacial score (nSPS) is 17.9. The first-order chi connectivity index (χ1) is 9.72. The standard InChI is InChI=1S/C14H18ClN3O2/c1-2-14(19-8-9-20-14)6-3-4-11-10-12(15)18-13(17-11)5-7-16-18/h5,7,10H,2-4,6,8-9H2,1H3. The highest BCUT2D eigenvalue weighted by molar-refractivity contribution is 6.29. The van der Waals surface area contributed by atoms with Gasteiger partial charge in [-0.25, -0.2) is 9.50 Å². The maximum absolute atomic E-state index is 6.18. The molecule has 0 radical (unpaired) electrons. The van der Waals surface area contributed by atoms with Crippen LogP contribution in [0.4, 0.5) is 0 Å². The van der Waals surface area contributed by atoms with Crippen LogP contribution >= 0.6 is 11.6 Å². The zero-order valence-corrected chi connectivity index (χ0v) is 12.3. The number of halogens is 1. The SMILES string of the molecule is CCC1(CCCc2cc(Cl)n3nccc3n2)OCCO1. The molecule has 0 unspecified atom stereocenters. The lowest BCUT2D eigenvalue weighted by molar-refractivity contribution is -0.164. The molecule has 1 aliphatic rings. The van der Waals surface area contributed by atoms with Crippen LogP contribution in [0.25, 0.3) is 5.65 Å². The minimum atomic E-state index is -0.384. The molecule has 2 aromatic rings. The molecule has 0 atom stereocenters. The third-order valence-corrected chi connectivity index (χ3v) is 3.98. The van der Waals surface area contributed by atoms with Crippen molar-refractivity contribution in [2.24, 2.45) is 0 Å². The number of aryl methyl sites for hydroxylation is 1. The fraction of sp³-hybridized carbons (Fsp3) is 0.571. The summed E-state index contributed by atoms with van der Waals surface area (Å²) < 4.78 is 13.1. The number of ether oxygens (including phenoxy) is 2. The van der Waals surface area contributed by atoms with Crippen LogP contribution in [-0.2, 0) is 15.9 Å². The molecule has 0 spiro atoms. The Bertz CT molecular complexity index is 593. The first kappa shape index (κ1) is 13.8. The van der Waals surface area contributed by atoms with E-state index in [2.05, 4.69) is 17.0 Å². The molecule has 0 aromatic carbocycles. The zero-order valence-electron chi connectivity index (χ0n) is 11.5. The molecule has 1 fully saturated rings. The van der Waals surface area contributed by atoms with Gasteiger partial charge in [0.2, 0.25) is 0 Å². The molecule has 0 bridgehead atoms. The van der Waals surface area contributed by atoms with Crippen LogP contribution in [0.2, 0.25) is 5.15 Å². The van der Waals surface area contributed by atoms with Gasteiger partial charge in [-0.3, -0.25) is 0 Å². The van der Waals surface area contributed by atoms with Gasteiger partial charge in [0.1, 0.15) is 5.15 Å². The van der Waals surface area contributed by atoms with E-state index in [0.29, 0.717) is 18.4 Å². The van der Waals surface area contributed by atoms with Gasteiger partial charge in [-0.2, -0.15) is 5.10 Å². The summed E-state index contributed by atoms with van der Waals surface area (Å²) in [5, 5.41) is 4.70. The minimum Gasteiger partial charge on any atom is -0.348 e. The zero-order chi connectivity index (χ0) is 14.0. The molecule has 20 heavy (non-hydrogen) atoms. The van der Waals surface area contributed by atoms with E-state index in [4.69, 9.17) is 21.1 Å². The molecular weight excluding hydrogens is 278 g/mol. The predicted octanol–water partition coefficient (Wildman–Crippen LogP) is 2.86. The van der Waals surface area contributed by atoms with Gasteiger partial charge in [-0.15, -0.1) is 0 Å². The molecule has 0 saturated carbocycles. The van der Waals surface area contributed by atoms with Gasteiger partial charge < -0.3 is 9.47 Å². The minimum absolute atomic E-state index is 0.384. The van der Waals surface area contributed by atoms with E-state index in [0.717, 1.165) is 37.0 Å². The van der Waals surface area contributed by atoms with E-state index in [1.54, 1.807) is 10.7 Å². The van der Waals surface area contributed by atoms with Gasteiger partial charge in [0, 0.05) is 18.2 Å². The maximum Gasteiger partial charge on any atom is 0.168 e. The van der Waals surface area contributed by atoms with E-state index in [1.165, 1.54) is 0 Å². The molecule has 0 aliphatic carbocycles. The summed E-state index contributed by atoms with van der Waals surface area (Å²) >= 11 is 6.18. The number of hydrogen-bond donors (Lipinski definition) is 0. The summed E-state index contributed by atoms with van der Waals surface area (Å²) in [7, 11) is 0. The lowest BCUT2D eigenvalue weighted by Crippen LogP contribution is -2.29. The first-order valence-corrected chi connectivity index (χ1v) is 7.37. The highest BCUT2D eigenvalue weighted by Crippen LogP contribution is 2.29. The van der Waals surface area contributed by atoms with Crippen LogP contribution in [0, 0.1) is 0 Å². The van der Waals surface area contributed by atoms with E-state index >= 15 is 0 Å². The molecule has 3 heterocycles. The molecule has 108 valence electrons. The van der Waals surface area contributed by atoms with Gasteiger partial charge >= 0.3 is 0 Å². The van der Waals surface area contributed by atoms with Crippen molar-refractivity contribution in [3.8, 4) is 0 Å². The van der Waals surface area contributed by atoms with Crippen LogP contribution < -0.4 is 0 Å². The van der Waals surface area contributed by atoms with Crippen molar-refractivity contribution >= 4 is 17.2 Å². The predicted molar refractivity (Wildman–Crippen MR) is 75.9 cm³/mol. The molecule has 1 saturated heterocycles. The Labute approximate surface area is 122 Å². The highest BCUT2D eigenvalue weighted by Gasteiger charge is 2.33. The van der Waals surface area contributed by atoms with Crippen LogP contribution in [0.15, 0.2) is 18.3 Å². The number of hydrogen-bond acceptors (Lipinski definition) is 4. The summed E-state index contributed by atoms with van der Waals surface area (Å²) in [5.74, 6) is -0.384. The van der Waals surface area contributed by atoms with Gasteiger partial charge in [0.25, 0.3) is 0 Å². The van der Waals surface area contributed by atoms with Crippen LogP contribution in [0.3, 0.4) is 0 Å². The molecular formula is C14H18ClN3O2. The molecule has 0 N–H and O–H groups in total. The second kappa shape index (κ2) is 5.68.